The highest BCUT2D eigenvalue weighted by Gasteiger charge is 2.31. The molecule has 7 nitrogen and oxygen atoms in total. The van der Waals surface area contributed by atoms with Crippen molar-refractivity contribution in [1.82, 2.24) is 0 Å². The maximum Gasteiger partial charge on any atom is 0.343 e. The van der Waals surface area contributed by atoms with E-state index in [0.29, 0.717) is 38.4 Å². The Morgan fingerprint density at radius 2 is 1.77 bits per heavy atom. The van der Waals surface area contributed by atoms with Gasteiger partial charge in [0.15, 0.2) is 0 Å². The van der Waals surface area contributed by atoms with Gasteiger partial charge in [0.2, 0.25) is 5.88 Å². The molecule has 4 aromatic rings. The van der Waals surface area contributed by atoms with Gasteiger partial charge in [0.25, 0.3) is 0 Å². The average molecular weight is 573 g/mol. The van der Waals surface area contributed by atoms with Crippen LogP contribution >= 0.6 is 23.2 Å². The maximum atomic E-state index is 12.7. The first kappa shape index (κ1) is 26.9. The molecule has 9 heteroatoms. The molecule has 0 saturated carbocycles. The monoisotopic (exact) mass is 572 g/mol. The van der Waals surface area contributed by atoms with Crippen molar-refractivity contribution in [3.05, 3.63) is 129 Å². The highest BCUT2D eigenvalue weighted by molar-refractivity contribution is 6.35. The Labute approximate surface area is 240 Å². The molecule has 1 unspecified atom stereocenters. The molecule has 4 aromatic carbocycles. The van der Waals surface area contributed by atoms with Gasteiger partial charge in [0.1, 0.15) is 41.2 Å². The quantitative estimate of drug-likeness (QED) is 0.187. The normalized spacial score (nSPS) is 14.0. The van der Waals surface area contributed by atoms with Gasteiger partial charge in [-0.3, -0.25) is 0 Å². The number of hydrogen-bond acceptors (Lipinski definition) is 7. The van der Waals surface area contributed by atoms with Gasteiger partial charge in [-0.15, -0.1) is 0 Å². The fourth-order valence-corrected chi connectivity index (χ4v) is 4.80. The van der Waals surface area contributed by atoms with Crippen LogP contribution in [0.15, 0.2) is 96.4 Å². The summed E-state index contributed by atoms with van der Waals surface area (Å²) in [6, 6.07) is 26.4. The van der Waals surface area contributed by atoms with Crippen LogP contribution < -0.4 is 24.7 Å². The summed E-state index contributed by atoms with van der Waals surface area (Å²) >= 11 is 12.3. The van der Waals surface area contributed by atoms with Gasteiger partial charge in [-0.05, 0) is 54.1 Å². The fraction of sp³-hybridized carbons (Fsp3) is 0.0968. The van der Waals surface area contributed by atoms with Gasteiger partial charge in [0, 0.05) is 27.2 Å². The Morgan fingerprint density at radius 3 is 2.55 bits per heavy atom. The molecule has 0 amide bonds. The molecule has 1 aliphatic heterocycles. The van der Waals surface area contributed by atoms with Gasteiger partial charge in [-0.1, -0.05) is 53.5 Å². The lowest BCUT2D eigenvalue weighted by Gasteiger charge is -2.27. The van der Waals surface area contributed by atoms with E-state index in [4.69, 9.17) is 47.9 Å². The molecule has 0 bridgehead atoms. The first-order valence-electron chi connectivity index (χ1n) is 12.1. The molecule has 1 heterocycles. The molecular weight excluding hydrogens is 551 g/mol. The molecule has 0 spiro atoms. The highest BCUT2D eigenvalue weighted by Crippen LogP contribution is 2.44. The summed E-state index contributed by atoms with van der Waals surface area (Å²) in [5.74, 6) is 0.632. The highest BCUT2D eigenvalue weighted by atomic mass is 35.5. The number of allylic oxidation sites excluding steroid dienone is 1. The van der Waals surface area contributed by atoms with Crippen molar-refractivity contribution in [1.29, 1.82) is 5.26 Å². The third-order valence-electron chi connectivity index (χ3n) is 6.31. The zero-order chi connectivity index (χ0) is 28.2. The van der Waals surface area contributed by atoms with Crippen LogP contribution in [0.1, 0.15) is 33.0 Å². The standard InChI is InChI=1S/C31H22Cl2N2O5/c1-37-22-6-3-5-19(13-22)31(36)39-24-10-11-25-28(15-24)40-30(35)26(16-34)29(25)18-4-2-7-23(12-18)38-17-20-8-9-21(32)14-27(20)33/h2-15,29H,17,35H2,1H3. The minimum absolute atomic E-state index is 0.0319. The maximum absolute atomic E-state index is 12.7. The Balaban J connectivity index is 1.41. The molecule has 2 N–H and O–H groups in total. The van der Waals surface area contributed by atoms with Crippen molar-refractivity contribution >= 4 is 29.2 Å². The molecular formula is C31H22Cl2N2O5. The summed E-state index contributed by atoms with van der Waals surface area (Å²) < 4.78 is 22.5. The largest absolute Gasteiger partial charge is 0.497 e. The number of carbonyl (C=O) groups excluding carboxylic acids is 1. The molecule has 0 aromatic heterocycles. The van der Waals surface area contributed by atoms with Gasteiger partial charge in [-0.2, -0.15) is 5.26 Å². The summed E-state index contributed by atoms with van der Waals surface area (Å²) in [5.41, 5.74) is 8.99. The van der Waals surface area contributed by atoms with Crippen molar-refractivity contribution in [2.24, 2.45) is 5.73 Å². The van der Waals surface area contributed by atoms with Crippen molar-refractivity contribution in [3.8, 4) is 29.1 Å². The van der Waals surface area contributed by atoms with E-state index in [-0.39, 0.29) is 23.8 Å². The van der Waals surface area contributed by atoms with E-state index in [1.165, 1.54) is 7.11 Å². The molecule has 200 valence electrons. The van der Waals surface area contributed by atoms with Crippen LogP contribution in [0.4, 0.5) is 0 Å². The molecule has 1 aliphatic rings. The van der Waals surface area contributed by atoms with E-state index in [0.717, 1.165) is 11.1 Å². The minimum Gasteiger partial charge on any atom is -0.497 e. The van der Waals surface area contributed by atoms with E-state index in [2.05, 4.69) is 6.07 Å². The van der Waals surface area contributed by atoms with E-state index >= 15 is 0 Å². The number of halogens is 2. The lowest BCUT2D eigenvalue weighted by molar-refractivity contribution is 0.0734. The average Bonchev–Trinajstić information content (AvgIpc) is 2.96. The third-order valence-corrected chi connectivity index (χ3v) is 6.89. The molecule has 0 radical (unpaired) electrons. The summed E-state index contributed by atoms with van der Waals surface area (Å²) in [4.78, 5) is 12.7. The first-order chi connectivity index (χ1) is 19.4. The van der Waals surface area contributed by atoms with E-state index in [9.17, 15) is 10.1 Å². The zero-order valence-corrected chi connectivity index (χ0v) is 22.7. The second kappa shape index (κ2) is 11.6. The number of carbonyl (C=O) groups is 1. The first-order valence-corrected chi connectivity index (χ1v) is 12.9. The number of benzene rings is 4. The van der Waals surface area contributed by atoms with E-state index in [1.807, 2.05) is 24.3 Å². The second-order valence-corrected chi connectivity index (χ2v) is 9.69. The molecule has 0 fully saturated rings. The number of rotatable bonds is 7. The zero-order valence-electron chi connectivity index (χ0n) is 21.2. The Kier molecular flexibility index (Phi) is 7.83. The van der Waals surface area contributed by atoms with Crippen LogP contribution in [-0.2, 0) is 6.61 Å². The number of methoxy groups -OCH3 is 1. The number of nitrogens with zero attached hydrogens (tertiary/aromatic N) is 1. The predicted molar refractivity (Wildman–Crippen MR) is 151 cm³/mol. The van der Waals surface area contributed by atoms with Gasteiger partial charge in [0.05, 0.1) is 18.6 Å². The van der Waals surface area contributed by atoms with Crippen molar-refractivity contribution in [2.45, 2.75) is 12.5 Å². The fourth-order valence-electron chi connectivity index (χ4n) is 4.34. The molecule has 5 rings (SSSR count). The number of hydrogen-bond donors (Lipinski definition) is 1. The van der Waals surface area contributed by atoms with E-state index < -0.39 is 11.9 Å². The lowest BCUT2D eigenvalue weighted by Crippen LogP contribution is -2.21. The van der Waals surface area contributed by atoms with Crippen molar-refractivity contribution in [2.75, 3.05) is 7.11 Å². The number of nitriles is 1. The Hall–Kier alpha value is -4.64. The number of nitrogens with two attached hydrogens (primary N) is 1. The van der Waals surface area contributed by atoms with E-state index in [1.54, 1.807) is 60.7 Å². The third kappa shape index (κ3) is 5.69. The van der Waals surface area contributed by atoms with Crippen molar-refractivity contribution in [3.63, 3.8) is 0 Å². The summed E-state index contributed by atoms with van der Waals surface area (Å²) in [6.45, 7) is 0.231. The SMILES string of the molecule is COc1cccc(C(=O)Oc2ccc3c(c2)OC(N)=C(C#N)C3c2cccc(OCc3ccc(Cl)cc3Cl)c2)c1. The number of fused-ring (bicyclic) bond motifs is 1. The van der Waals surface area contributed by atoms with Gasteiger partial charge >= 0.3 is 5.97 Å². The molecule has 1 atom stereocenters. The predicted octanol–water partition coefficient (Wildman–Crippen LogP) is 7.02. The van der Waals surface area contributed by atoms with Crippen LogP contribution in [0.2, 0.25) is 10.0 Å². The Morgan fingerprint density at radius 1 is 0.975 bits per heavy atom. The van der Waals surface area contributed by atoms with Crippen LogP contribution in [0, 0.1) is 11.3 Å². The van der Waals surface area contributed by atoms with Crippen LogP contribution in [-0.4, -0.2) is 13.1 Å². The Bertz CT molecular complexity index is 1680. The van der Waals surface area contributed by atoms with Crippen LogP contribution in [0.3, 0.4) is 0 Å². The molecule has 0 saturated heterocycles. The lowest BCUT2D eigenvalue weighted by atomic mass is 9.83. The van der Waals surface area contributed by atoms with Crippen molar-refractivity contribution < 1.29 is 23.7 Å². The smallest absolute Gasteiger partial charge is 0.343 e. The van der Waals surface area contributed by atoms with Gasteiger partial charge in [-0.25, -0.2) is 4.79 Å². The van der Waals surface area contributed by atoms with Crippen LogP contribution in [0.25, 0.3) is 0 Å². The molecule has 40 heavy (non-hydrogen) atoms. The molecule has 0 aliphatic carbocycles. The second-order valence-electron chi connectivity index (χ2n) is 8.84. The summed E-state index contributed by atoms with van der Waals surface area (Å²) in [6.07, 6.45) is 0. The van der Waals surface area contributed by atoms with Gasteiger partial charge < -0.3 is 24.7 Å². The topological polar surface area (TPSA) is 104 Å². The number of ether oxygens (including phenoxy) is 4. The van der Waals surface area contributed by atoms with Crippen LogP contribution in [0.5, 0.6) is 23.0 Å². The minimum atomic E-state index is -0.557. The number of esters is 1. The summed E-state index contributed by atoms with van der Waals surface area (Å²) in [5, 5.41) is 11.0. The summed E-state index contributed by atoms with van der Waals surface area (Å²) in [7, 11) is 1.52.